The average Bonchev–Trinajstić information content (AvgIpc) is 3.35. The van der Waals surface area contributed by atoms with Crippen molar-refractivity contribution in [1.82, 2.24) is 9.78 Å². The number of nitrogens with one attached hydrogen (secondary N) is 1. The smallest absolute Gasteiger partial charge is 0.113 e. The first kappa shape index (κ1) is 21.8. The fourth-order valence-corrected chi connectivity index (χ4v) is 4.98. The van der Waals surface area contributed by atoms with Crippen molar-refractivity contribution >= 4 is 39.6 Å². The normalized spacial score (nSPS) is 12.7. The molecule has 0 fully saturated rings. The molecule has 0 aliphatic heterocycles. The van der Waals surface area contributed by atoms with Crippen molar-refractivity contribution in [3.63, 3.8) is 0 Å². The summed E-state index contributed by atoms with van der Waals surface area (Å²) in [6.45, 7) is 3.42. The summed E-state index contributed by atoms with van der Waals surface area (Å²) in [5, 5.41) is 15.8. The molecule has 0 aliphatic carbocycles. The number of aliphatic hydroxyl groups is 1. The van der Waals surface area contributed by atoms with Gasteiger partial charge in [0, 0.05) is 16.7 Å². The third-order valence-electron chi connectivity index (χ3n) is 4.72. The van der Waals surface area contributed by atoms with E-state index in [1.165, 1.54) is 0 Å². The number of rotatable bonds is 6. The minimum atomic E-state index is -1.17. The van der Waals surface area contributed by atoms with Crippen molar-refractivity contribution in [2.24, 2.45) is 0 Å². The first-order valence-electron chi connectivity index (χ1n) is 9.61. The highest BCUT2D eigenvalue weighted by Crippen LogP contribution is 2.40. The number of hydrogen-bond donors (Lipinski definition) is 2. The van der Waals surface area contributed by atoms with Gasteiger partial charge in [-0.1, -0.05) is 41.9 Å². The van der Waals surface area contributed by atoms with E-state index in [1.807, 2.05) is 66.7 Å². The fraction of sp³-hybridized carbons (Fsp3) is 0.174. The second-order valence-electron chi connectivity index (χ2n) is 7.60. The Labute approximate surface area is 192 Å². The van der Waals surface area contributed by atoms with E-state index < -0.39 is 16.6 Å². The van der Waals surface area contributed by atoms with E-state index in [2.05, 4.69) is 9.82 Å². The summed E-state index contributed by atoms with van der Waals surface area (Å²) in [7, 11) is -1.17. The van der Waals surface area contributed by atoms with Crippen LogP contribution >= 0.6 is 22.9 Å². The third-order valence-corrected chi connectivity index (χ3v) is 6.69. The lowest BCUT2D eigenvalue weighted by Gasteiger charge is -2.13. The van der Waals surface area contributed by atoms with Gasteiger partial charge in [-0.05, 0) is 50.2 Å². The van der Waals surface area contributed by atoms with Crippen molar-refractivity contribution in [2.75, 3.05) is 11.0 Å². The molecule has 5 nitrogen and oxygen atoms in total. The molecule has 0 saturated heterocycles. The number of anilines is 1. The quantitative estimate of drug-likeness (QED) is 0.370. The molecule has 4 rings (SSSR count). The van der Waals surface area contributed by atoms with Gasteiger partial charge in [0.05, 0.1) is 32.7 Å². The lowest BCUT2D eigenvalue weighted by atomic mass is 10.1. The number of thiophene rings is 1. The highest BCUT2D eigenvalue weighted by Gasteiger charge is 2.24. The predicted molar refractivity (Wildman–Crippen MR) is 130 cm³/mol. The highest BCUT2D eigenvalue weighted by atomic mass is 35.5. The standard InChI is InChI=1S/C23H22ClN3O2S2/c1-23(2,28)22-14-19(27(25-22)18-11-7-5-9-16(18)24)21-13-12-20(30-21)15-8-4-6-10-17(15)26-31(3)29/h4-14,26,28H,1-3H3. The summed E-state index contributed by atoms with van der Waals surface area (Å²) < 4.78 is 16.5. The number of para-hydroxylation sites is 2. The van der Waals surface area contributed by atoms with Crippen LogP contribution in [0.4, 0.5) is 5.69 Å². The van der Waals surface area contributed by atoms with E-state index in [-0.39, 0.29) is 0 Å². The molecule has 4 aromatic rings. The largest absolute Gasteiger partial charge is 0.384 e. The van der Waals surface area contributed by atoms with Gasteiger partial charge in [-0.2, -0.15) is 5.10 Å². The maximum atomic E-state index is 11.7. The maximum Gasteiger partial charge on any atom is 0.113 e. The Morgan fingerprint density at radius 1 is 1.06 bits per heavy atom. The van der Waals surface area contributed by atoms with Crippen LogP contribution in [0.15, 0.2) is 66.7 Å². The summed E-state index contributed by atoms with van der Waals surface area (Å²) in [6.07, 6.45) is 1.61. The van der Waals surface area contributed by atoms with Gasteiger partial charge in [0.1, 0.15) is 16.6 Å². The number of benzene rings is 2. The monoisotopic (exact) mass is 471 g/mol. The van der Waals surface area contributed by atoms with Crippen LogP contribution in [0.1, 0.15) is 19.5 Å². The Bertz CT molecular complexity index is 1260. The molecular formula is C23H22ClN3O2S2. The molecule has 0 spiro atoms. The Morgan fingerprint density at radius 2 is 1.74 bits per heavy atom. The van der Waals surface area contributed by atoms with Gasteiger partial charge >= 0.3 is 0 Å². The van der Waals surface area contributed by atoms with Crippen molar-refractivity contribution < 1.29 is 9.32 Å². The first-order chi connectivity index (χ1) is 14.7. The number of nitrogens with zero attached hydrogens (tertiary/aromatic N) is 2. The summed E-state index contributed by atoms with van der Waals surface area (Å²) in [5.74, 6) is 0. The van der Waals surface area contributed by atoms with Crippen molar-refractivity contribution in [2.45, 2.75) is 19.4 Å². The molecule has 2 aromatic heterocycles. The third kappa shape index (κ3) is 4.60. The molecule has 160 valence electrons. The van der Waals surface area contributed by atoms with E-state index in [1.54, 1.807) is 36.1 Å². The zero-order chi connectivity index (χ0) is 22.2. The number of hydrogen-bond acceptors (Lipinski definition) is 4. The van der Waals surface area contributed by atoms with Crippen LogP contribution in [0.2, 0.25) is 5.02 Å². The van der Waals surface area contributed by atoms with Crippen LogP contribution < -0.4 is 4.72 Å². The van der Waals surface area contributed by atoms with Crippen molar-refractivity contribution in [3.8, 4) is 26.7 Å². The molecule has 1 unspecified atom stereocenters. The van der Waals surface area contributed by atoms with Crippen LogP contribution in [-0.4, -0.2) is 25.4 Å². The Hall–Kier alpha value is -2.45. The molecule has 0 saturated carbocycles. The van der Waals surface area contributed by atoms with Gasteiger partial charge in [0.25, 0.3) is 0 Å². The lowest BCUT2D eigenvalue weighted by molar-refractivity contribution is 0.0734. The summed E-state index contributed by atoms with van der Waals surface area (Å²) in [6, 6.07) is 21.2. The van der Waals surface area contributed by atoms with Crippen LogP contribution in [0.25, 0.3) is 26.7 Å². The maximum absolute atomic E-state index is 11.7. The minimum Gasteiger partial charge on any atom is -0.384 e. The minimum absolute atomic E-state index is 0.556. The molecule has 0 radical (unpaired) electrons. The molecule has 0 amide bonds. The Kier molecular flexibility index (Phi) is 6.03. The van der Waals surface area contributed by atoms with Crippen LogP contribution in [0, 0.1) is 0 Å². The molecule has 1 atom stereocenters. The Morgan fingerprint density at radius 3 is 2.45 bits per heavy atom. The summed E-state index contributed by atoms with van der Waals surface area (Å²) in [5.41, 5.74) is 2.83. The molecule has 0 bridgehead atoms. The first-order valence-corrected chi connectivity index (χ1v) is 12.4. The topological polar surface area (TPSA) is 67.2 Å². The predicted octanol–water partition coefficient (Wildman–Crippen LogP) is 5.85. The molecule has 2 aromatic carbocycles. The van der Waals surface area contributed by atoms with E-state index in [0.29, 0.717) is 10.7 Å². The Balaban J connectivity index is 1.84. The highest BCUT2D eigenvalue weighted by molar-refractivity contribution is 7.85. The molecular weight excluding hydrogens is 450 g/mol. The average molecular weight is 472 g/mol. The van der Waals surface area contributed by atoms with E-state index in [4.69, 9.17) is 11.6 Å². The van der Waals surface area contributed by atoms with Gasteiger partial charge in [0.2, 0.25) is 0 Å². The lowest BCUT2D eigenvalue weighted by Crippen LogP contribution is -2.16. The second-order valence-corrected chi connectivity index (χ2v) is 10.2. The zero-order valence-corrected chi connectivity index (χ0v) is 19.7. The molecule has 8 heteroatoms. The van der Waals surface area contributed by atoms with Crippen LogP contribution in [-0.2, 0) is 16.6 Å². The summed E-state index contributed by atoms with van der Waals surface area (Å²) in [4.78, 5) is 2.01. The molecule has 2 N–H and O–H groups in total. The SMILES string of the molecule is CS(=O)Nc1ccccc1-c1ccc(-c2cc(C(C)(C)O)nn2-c2ccccc2Cl)s1. The molecule has 2 heterocycles. The summed E-state index contributed by atoms with van der Waals surface area (Å²) >= 11 is 8.05. The zero-order valence-electron chi connectivity index (χ0n) is 17.3. The number of aromatic nitrogens is 2. The fourth-order valence-electron chi connectivity index (χ4n) is 3.22. The molecule has 31 heavy (non-hydrogen) atoms. The van der Waals surface area contributed by atoms with Gasteiger partial charge in [-0.3, -0.25) is 0 Å². The van der Waals surface area contributed by atoms with Crippen molar-refractivity contribution in [1.29, 1.82) is 0 Å². The van der Waals surface area contributed by atoms with Gasteiger partial charge in [-0.15, -0.1) is 11.3 Å². The van der Waals surface area contributed by atoms with Gasteiger partial charge < -0.3 is 9.83 Å². The van der Waals surface area contributed by atoms with Crippen LogP contribution in [0.5, 0.6) is 0 Å². The van der Waals surface area contributed by atoms with E-state index in [9.17, 15) is 9.32 Å². The van der Waals surface area contributed by atoms with E-state index in [0.717, 1.165) is 32.4 Å². The van der Waals surface area contributed by atoms with Gasteiger partial charge in [0.15, 0.2) is 0 Å². The van der Waals surface area contributed by atoms with Gasteiger partial charge in [-0.25, -0.2) is 8.89 Å². The molecule has 0 aliphatic rings. The second kappa shape index (κ2) is 8.59. The van der Waals surface area contributed by atoms with Crippen molar-refractivity contribution in [3.05, 3.63) is 77.4 Å². The van der Waals surface area contributed by atoms with Crippen LogP contribution in [0.3, 0.4) is 0 Å². The van der Waals surface area contributed by atoms with E-state index >= 15 is 0 Å². The number of halogens is 1.